The molecule has 0 aromatic heterocycles. The molecule has 4 heteroatoms. The van der Waals surface area contributed by atoms with Crippen LogP contribution in [-0.2, 0) is 6.42 Å². The lowest BCUT2D eigenvalue weighted by Gasteiger charge is -2.32. The maximum atomic E-state index is 12.9. The van der Waals surface area contributed by atoms with E-state index in [1.165, 1.54) is 5.57 Å². The molecule has 0 fully saturated rings. The molecule has 1 aliphatic heterocycles. The number of amides is 1. The van der Waals surface area contributed by atoms with Gasteiger partial charge in [-0.25, -0.2) is 0 Å². The zero-order valence-corrected chi connectivity index (χ0v) is 19.4. The average Bonchev–Trinajstić information content (AvgIpc) is 2.67. The number of fused-ring (bicyclic) bond motifs is 1. The number of benzene rings is 1. The first-order valence-corrected chi connectivity index (χ1v) is 11.5. The summed E-state index contributed by atoms with van der Waals surface area (Å²) in [7, 11) is 0. The summed E-state index contributed by atoms with van der Waals surface area (Å²) in [4.78, 5) is 12.9. The Morgan fingerprint density at radius 3 is 2.60 bits per heavy atom. The van der Waals surface area contributed by atoms with Crippen molar-refractivity contribution in [3.63, 3.8) is 0 Å². The molecule has 0 radical (unpaired) electrons. The summed E-state index contributed by atoms with van der Waals surface area (Å²) >= 11 is 0. The number of unbranched alkanes of at least 4 members (excludes halogenated alkanes) is 3. The third-order valence-electron chi connectivity index (χ3n) is 5.62. The lowest BCUT2D eigenvalue weighted by Crippen LogP contribution is -2.32. The molecule has 0 saturated heterocycles. The van der Waals surface area contributed by atoms with E-state index in [1.54, 1.807) is 0 Å². The predicted octanol–water partition coefficient (Wildman–Crippen LogP) is 6.57. The molecule has 0 saturated carbocycles. The molecule has 1 unspecified atom stereocenters. The fourth-order valence-electron chi connectivity index (χ4n) is 3.77. The van der Waals surface area contributed by atoms with E-state index in [4.69, 9.17) is 4.74 Å². The number of ether oxygens (including phenoxy) is 1. The molecule has 2 rings (SSSR count). The number of hydrogen-bond acceptors (Lipinski definition) is 3. The largest absolute Gasteiger partial charge is 0.506 e. The normalized spacial score (nSPS) is 17.2. The van der Waals surface area contributed by atoms with E-state index in [0.29, 0.717) is 23.4 Å². The molecule has 1 atom stereocenters. The van der Waals surface area contributed by atoms with Crippen molar-refractivity contribution in [2.24, 2.45) is 0 Å². The highest BCUT2D eigenvalue weighted by Gasteiger charge is 2.31. The number of aryl methyl sites for hydroxylation is 1. The number of hydrogen-bond donors (Lipinski definition) is 2. The van der Waals surface area contributed by atoms with Crippen LogP contribution in [0.15, 0.2) is 23.8 Å². The second kappa shape index (κ2) is 11.2. The van der Waals surface area contributed by atoms with Crippen LogP contribution in [0.4, 0.5) is 0 Å². The Kier molecular flexibility index (Phi) is 9.01. The topological polar surface area (TPSA) is 58.6 Å². The zero-order valence-electron chi connectivity index (χ0n) is 19.4. The molecular weight excluding hydrogens is 374 g/mol. The van der Waals surface area contributed by atoms with Gasteiger partial charge in [0.1, 0.15) is 17.1 Å². The highest BCUT2D eigenvalue weighted by Crippen LogP contribution is 2.42. The maximum Gasteiger partial charge on any atom is 0.255 e. The second-order valence-corrected chi connectivity index (χ2v) is 8.81. The molecule has 0 bridgehead atoms. The molecule has 1 aromatic carbocycles. The Morgan fingerprint density at radius 2 is 1.93 bits per heavy atom. The van der Waals surface area contributed by atoms with Gasteiger partial charge in [0, 0.05) is 6.54 Å². The standard InChI is InChI=1S/C26H39NO3/c1-6-8-10-13-20-18-22-21(24(28)23(20)25(29)27-17-9-7-2)14-16-26(5,30-22)15-11-12-19(3)4/h12,14,16,18,28H,6-11,13,15,17H2,1-5H3,(H,27,29). The first-order valence-electron chi connectivity index (χ1n) is 11.5. The van der Waals surface area contributed by atoms with Crippen LogP contribution in [0.3, 0.4) is 0 Å². The summed E-state index contributed by atoms with van der Waals surface area (Å²) < 4.78 is 6.35. The number of rotatable bonds is 11. The third kappa shape index (κ3) is 6.38. The summed E-state index contributed by atoms with van der Waals surface area (Å²) in [6.45, 7) is 11.1. The van der Waals surface area contributed by atoms with Gasteiger partial charge < -0.3 is 15.2 Å². The van der Waals surface area contributed by atoms with Crippen LogP contribution in [0.1, 0.15) is 101 Å². The molecule has 1 amide bonds. The number of phenolic OH excluding ortho intramolecular Hbond substituents is 1. The molecule has 2 N–H and O–H groups in total. The summed E-state index contributed by atoms with van der Waals surface area (Å²) in [5.74, 6) is 0.516. The zero-order chi connectivity index (χ0) is 22.1. The molecule has 1 aromatic rings. The fourth-order valence-corrected chi connectivity index (χ4v) is 3.77. The second-order valence-electron chi connectivity index (χ2n) is 8.81. The van der Waals surface area contributed by atoms with Crippen molar-refractivity contribution < 1.29 is 14.6 Å². The van der Waals surface area contributed by atoms with Crippen molar-refractivity contribution in [1.29, 1.82) is 0 Å². The van der Waals surface area contributed by atoms with Gasteiger partial charge in [-0.1, -0.05) is 44.8 Å². The number of carbonyl (C=O) groups excluding carboxylic acids is 1. The smallest absolute Gasteiger partial charge is 0.255 e. The molecule has 1 aliphatic rings. The van der Waals surface area contributed by atoms with Crippen molar-refractivity contribution in [3.8, 4) is 11.5 Å². The summed E-state index contributed by atoms with van der Waals surface area (Å²) in [5, 5.41) is 14.0. The van der Waals surface area contributed by atoms with Crippen molar-refractivity contribution >= 4 is 12.0 Å². The van der Waals surface area contributed by atoms with Gasteiger partial charge in [-0.3, -0.25) is 4.79 Å². The third-order valence-corrected chi connectivity index (χ3v) is 5.62. The van der Waals surface area contributed by atoms with Gasteiger partial charge >= 0.3 is 0 Å². The van der Waals surface area contributed by atoms with Gasteiger partial charge in [-0.2, -0.15) is 0 Å². The van der Waals surface area contributed by atoms with E-state index in [1.807, 2.05) is 18.2 Å². The van der Waals surface area contributed by atoms with Gasteiger partial charge in [0.25, 0.3) is 5.91 Å². The minimum atomic E-state index is -0.420. The molecule has 4 nitrogen and oxygen atoms in total. The molecular formula is C26H39NO3. The summed E-state index contributed by atoms with van der Waals surface area (Å²) in [6.07, 6.45) is 13.8. The van der Waals surface area contributed by atoms with Crippen molar-refractivity contribution in [3.05, 3.63) is 40.5 Å². The quantitative estimate of drug-likeness (QED) is 0.319. The Bertz CT molecular complexity index is 790. The van der Waals surface area contributed by atoms with Crippen LogP contribution in [0, 0.1) is 0 Å². The number of phenols is 1. The summed E-state index contributed by atoms with van der Waals surface area (Å²) in [5.41, 5.74) is 2.76. The van der Waals surface area contributed by atoms with Crippen LogP contribution < -0.4 is 10.1 Å². The predicted molar refractivity (Wildman–Crippen MR) is 125 cm³/mol. The lowest BCUT2D eigenvalue weighted by molar-refractivity contribution is 0.0949. The van der Waals surface area contributed by atoms with Crippen LogP contribution in [-0.4, -0.2) is 23.2 Å². The average molecular weight is 414 g/mol. The van der Waals surface area contributed by atoms with Crippen molar-refractivity contribution in [2.45, 2.75) is 91.6 Å². The Hall–Kier alpha value is -2.23. The van der Waals surface area contributed by atoms with Crippen LogP contribution in [0.2, 0.25) is 0 Å². The fraction of sp³-hybridized carbons (Fsp3) is 0.577. The van der Waals surface area contributed by atoms with E-state index < -0.39 is 5.60 Å². The van der Waals surface area contributed by atoms with Crippen LogP contribution >= 0.6 is 0 Å². The minimum absolute atomic E-state index is 0.0376. The van der Waals surface area contributed by atoms with E-state index in [0.717, 1.165) is 56.9 Å². The maximum absolute atomic E-state index is 12.9. The molecule has 0 aliphatic carbocycles. The van der Waals surface area contributed by atoms with Crippen LogP contribution in [0.5, 0.6) is 11.5 Å². The van der Waals surface area contributed by atoms with Gasteiger partial charge in [0.2, 0.25) is 0 Å². The van der Waals surface area contributed by atoms with Crippen molar-refractivity contribution in [2.75, 3.05) is 6.54 Å². The minimum Gasteiger partial charge on any atom is -0.506 e. The van der Waals surface area contributed by atoms with Gasteiger partial charge in [0.15, 0.2) is 0 Å². The molecule has 166 valence electrons. The van der Waals surface area contributed by atoms with Gasteiger partial charge in [-0.15, -0.1) is 0 Å². The first-order chi connectivity index (χ1) is 14.3. The van der Waals surface area contributed by atoms with Crippen molar-refractivity contribution in [1.82, 2.24) is 5.32 Å². The van der Waals surface area contributed by atoms with E-state index in [9.17, 15) is 9.90 Å². The molecule has 30 heavy (non-hydrogen) atoms. The highest BCUT2D eigenvalue weighted by molar-refractivity contribution is 6.00. The Balaban J connectivity index is 2.34. The van der Waals surface area contributed by atoms with Gasteiger partial charge in [0.05, 0.1) is 11.1 Å². The number of nitrogens with one attached hydrogen (secondary N) is 1. The SMILES string of the molecule is CCCCCc1cc2c(c(O)c1C(=O)NCCCC)C=CC(C)(CCC=C(C)C)O2. The lowest BCUT2D eigenvalue weighted by atomic mass is 9.91. The summed E-state index contributed by atoms with van der Waals surface area (Å²) in [6, 6.07) is 1.97. The Morgan fingerprint density at radius 1 is 1.20 bits per heavy atom. The highest BCUT2D eigenvalue weighted by atomic mass is 16.5. The monoisotopic (exact) mass is 413 g/mol. The first kappa shape index (κ1) is 24.0. The Labute approximate surface area is 182 Å². The molecule has 1 heterocycles. The number of allylic oxidation sites excluding steroid dienone is 2. The number of aromatic hydroxyl groups is 1. The van der Waals surface area contributed by atoms with Gasteiger partial charge in [-0.05, 0) is 76.7 Å². The van der Waals surface area contributed by atoms with E-state index >= 15 is 0 Å². The van der Waals surface area contributed by atoms with E-state index in [-0.39, 0.29) is 11.7 Å². The molecule has 0 spiro atoms. The van der Waals surface area contributed by atoms with Crippen LogP contribution in [0.25, 0.3) is 6.08 Å². The van der Waals surface area contributed by atoms with E-state index in [2.05, 4.69) is 46.0 Å². The number of carbonyl (C=O) groups is 1.